The molecule has 118 valence electrons. The van der Waals surface area contributed by atoms with Crippen LogP contribution in [0.15, 0.2) is 6.07 Å². The molecule has 0 spiro atoms. The van der Waals surface area contributed by atoms with Crippen molar-refractivity contribution in [3.63, 3.8) is 0 Å². The van der Waals surface area contributed by atoms with Crippen LogP contribution in [-0.2, 0) is 11.3 Å². The minimum absolute atomic E-state index is 0.459. The molecule has 1 aliphatic rings. The van der Waals surface area contributed by atoms with Gasteiger partial charge in [-0.15, -0.1) is 0 Å². The predicted octanol–water partition coefficient (Wildman–Crippen LogP) is 3.44. The Morgan fingerprint density at radius 2 is 1.95 bits per heavy atom. The molecule has 2 N–H and O–H groups in total. The van der Waals surface area contributed by atoms with Crippen LogP contribution in [-0.4, -0.2) is 29.7 Å². The summed E-state index contributed by atoms with van der Waals surface area (Å²) in [5.74, 6) is 3.16. The highest BCUT2D eigenvalue weighted by Gasteiger charge is 2.20. The van der Waals surface area contributed by atoms with Crippen LogP contribution in [0.25, 0.3) is 0 Å². The zero-order chi connectivity index (χ0) is 15.1. The van der Waals surface area contributed by atoms with Crippen molar-refractivity contribution >= 4 is 11.6 Å². The van der Waals surface area contributed by atoms with E-state index in [0.717, 1.165) is 17.5 Å². The summed E-state index contributed by atoms with van der Waals surface area (Å²) in [5.41, 5.74) is 0. The molecule has 1 aliphatic carbocycles. The van der Waals surface area contributed by atoms with Crippen LogP contribution in [0, 0.1) is 5.92 Å². The standard InChI is InChI=1S/C16H28N4O/c1-4-21-11-16-19-14(17-3)10-15(20-16)18-13-9-7-5-6-8-12(13)2/h10,12-13H,4-9,11H2,1-3H3,(H2,17,18,19,20). The van der Waals surface area contributed by atoms with Crippen molar-refractivity contribution in [1.82, 2.24) is 9.97 Å². The molecular weight excluding hydrogens is 264 g/mol. The Hall–Kier alpha value is -1.36. The van der Waals surface area contributed by atoms with E-state index < -0.39 is 0 Å². The lowest BCUT2D eigenvalue weighted by Crippen LogP contribution is -2.27. The first kappa shape index (κ1) is 16.0. The summed E-state index contributed by atoms with van der Waals surface area (Å²) < 4.78 is 5.42. The Balaban J connectivity index is 2.09. The summed E-state index contributed by atoms with van der Waals surface area (Å²) in [6.45, 7) is 5.45. The van der Waals surface area contributed by atoms with Gasteiger partial charge in [-0.05, 0) is 25.7 Å². The fraction of sp³-hybridized carbons (Fsp3) is 0.750. The van der Waals surface area contributed by atoms with Gasteiger partial charge in [-0.3, -0.25) is 0 Å². The number of hydrogen-bond donors (Lipinski definition) is 2. The largest absolute Gasteiger partial charge is 0.374 e. The zero-order valence-corrected chi connectivity index (χ0v) is 13.5. The van der Waals surface area contributed by atoms with Crippen molar-refractivity contribution in [2.75, 3.05) is 24.3 Å². The van der Waals surface area contributed by atoms with Gasteiger partial charge in [0.1, 0.15) is 18.2 Å². The fourth-order valence-corrected chi connectivity index (χ4v) is 2.85. The van der Waals surface area contributed by atoms with E-state index >= 15 is 0 Å². The molecule has 5 heteroatoms. The molecule has 1 heterocycles. The molecule has 2 unspecified atom stereocenters. The zero-order valence-electron chi connectivity index (χ0n) is 13.5. The topological polar surface area (TPSA) is 59.1 Å². The normalized spacial score (nSPS) is 22.6. The van der Waals surface area contributed by atoms with Crippen LogP contribution < -0.4 is 10.6 Å². The molecule has 1 saturated carbocycles. The number of ether oxygens (including phenoxy) is 1. The molecule has 0 amide bonds. The van der Waals surface area contributed by atoms with Crippen LogP contribution in [0.2, 0.25) is 0 Å². The second-order valence-corrected chi connectivity index (χ2v) is 5.81. The molecule has 0 aromatic carbocycles. The molecule has 0 radical (unpaired) electrons. The third-order valence-corrected chi connectivity index (χ3v) is 4.16. The van der Waals surface area contributed by atoms with Crippen LogP contribution in [0.3, 0.4) is 0 Å². The fourth-order valence-electron chi connectivity index (χ4n) is 2.85. The van der Waals surface area contributed by atoms with Gasteiger partial charge in [0.2, 0.25) is 0 Å². The van der Waals surface area contributed by atoms with E-state index in [1.54, 1.807) is 0 Å². The molecule has 2 atom stereocenters. The van der Waals surface area contributed by atoms with E-state index in [2.05, 4.69) is 27.5 Å². The molecule has 1 aromatic heterocycles. The first-order valence-electron chi connectivity index (χ1n) is 8.13. The average molecular weight is 292 g/mol. The summed E-state index contributed by atoms with van der Waals surface area (Å²) in [4.78, 5) is 9.02. The van der Waals surface area contributed by atoms with Gasteiger partial charge >= 0.3 is 0 Å². The SMILES string of the molecule is CCOCc1nc(NC)cc(NC2CCCCCC2C)n1. The monoisotopic (exact) mass is 292 g/mol. The first-order chi connectivity index (χ1) is 10.2. The first-order valence-corrected chi connectivity index (χ1v) is 8.13. The van der Waals surface area contributed by atoms with Crippen LogP contribution in [0.4, 0.5) is 11.6 Å². The van der Waals surface area contributed by atoms with Crippen molar-refractivity contribution in [2.45, 2.75) is 58.6 Å². The summed E-state index contributed by atoms with van der Waals surface area (Å²) in [6.07, 6.45) is 6.52. The second-order valence-electron chi connectivity index (χ2n) is 5.81. The Bertz CT molecular complexity index is 438. The molecule has 5 nitrogen and oxygen atoms in total. The molecule has 0 bridgehead atoms. The summed E-state index contributed by atoms with van der Waals surface area (Å²) in [5, 5.41) is 6.71. The lowest BCUT2D eigenvalue weighted by Gasteiger charge is -2.23. The van der Waals surface area contributed by atoms with E-state index in [0.29, 0.717) is 25.2 Å². The van der Waals surface area contributed by atoms with Crippen molar-refractivity contribution in [2.24, 2.45) is 5.92 Å². The van der Waals surface area contributed by atoms with E-state index in [4.69, 9.17) is 4.74 Å². The third kappa shape index (κ3) is 4.84. The summed E-state index contributed by atoms with van der Waals surface area (Å²) in [6, 6.07) is 2.49. The van der Waals surface area contributed by atoms with Gasteiger partial charge in [-0.1, -0.05) is 26.2 Å². The molecule has 1 aromatic rings. The molecule has 0 saturated heterocycles. The number of nitrogens with zero attached hydrogens (tertiary/aromatic N) is 2. The van der Waals surface area contributed by atoms with E-state index in [9.17, 15) is 0 Å². The van der Waals surface area contributed by atoms with Gasteiger partial charge in [-0.25, -0.2) is 9.97 Å². The third-order valence-electron chi connectivity index (χ3n) is 4.16. The highest BCUT2D eigenvalue weighted by molar-refractivity contribution is 5.47. The molecule has 21 heavy (non-hydrogen) atoms. The Kier molecular flexibility index (Phi) is 6.23. The maximum Gasteiger partial charge on any atom is 0.158 e. The van der Waals surface area contributed by atoms with Crippen LogP contribution in [0.5, 0.6) is 0 Å². The van der Waals surface area contributed by atoms with Crippen molar-refractivity contribution in [3.8, 4) is 0 Å². The van der Waals surface area contributed by atoms with Gasteiger partial charge in [0.25, 0.3) is 0 Å². The maximum atomic E-state index is 5.42. The lowest BCUT2D eigenvalue weighted by molar-refractivity contribution is 0.128. The maximum absolute atomic E-state index is 5.42. The number of nitrogens with one attached hydrogen (secondary N) is 2. The number of aromatic nitrogens is 2. The Labute approximate surface area is 127 Å². The van der Waals surface area contributed by atoms with Crippen molar-refractivity contribution in [3.05, 3.63) is 11.9 Å². The minimum Gasteiger partial charge on any atom is -0.374 e. The van der Waals surface area contributed by atoms with Gasteiger partial charge in [0.15, 0.2) is 5.82 Å². The van der Waals surface area contributed by atoms with E-state index in [-0.39, 0.29) is 0 Å². The number of anilines is 2. The highest BCUT2D eigenvalue weighted by Crippen LogP contribution is 2.26. The summed E-state index contributed by atoms with van der Waals surface area (Å²) in [7, 11) is 1.88. The average Bonchev–Trinajstić information content (AvgIpc) is 2.70. The van der Waals surface area contributed by atoms with Crippen LogP contribution in [0.1, 0.15) is 51.8 Å². The number of rotatable bonds is 6. The summed E-state index contributed by atoms with van der Waals surface area (Å²) >= 11 is 0. The quantitative estimate of drug-likeness (QED) is 0.787. The Morgan fingerprint density at radius 3 is 2.71 bits per heavy atom. The Morgan fingerprint density at radius 1 is 1.19 bits per heavy atom. The van der Waals surface area contributed by atoms with E-state index in [1.165, 1.54) is 32.1 Å². The molecule has 2 rings (SSSR count). The predicted molar refractivity (Wildman–Crippen MR) is 86.6 cm³/mol. The van der Waals surface area contributed by atoms with Gasteiger partial charge in [0, 0.05) is 25.8 Å². The van der Waals surface area contributed by atoms with Crippen molar-refractivity contribution < 1.29 is 4.74 Å². The van der Waals surface area contributed by atoms with Crippen LogP contribution >= 0.6 is 0 Å². The smallest absolute Gasteiger partial charge is 0.158 e. The lowest BCUT2D eigenvalue weighted by atomic mass is 9.97. The molecule has 0 aliphatic heterocycles. The highest BCUT2D eigenvalue weighted by atomic mass is 16.5. The van der Waals surface area contributed by atoms with Crippen molar-refractivity contribution in [1.29, 1.82) is 0 Å². The van der Waals surface area contributed by atoms with Gasteiger partial charge in [0.05, 0.1) is 0 Å². The minimum atomic E-state index is 0.459. The van der Waals surface area contributed by atoms with Gasteiger partial charge < -0.3 is 15.4 Å². The van der Waals surface area contributed by atoms with E-state index in [1.807, 2.05) is 20.0 Å². The van der Waals surface area contributed by atoms with Gasteiger partial charge in [-0.2, -0.15) is 0 Å². The molecule has 1 fully saturated rings. The number of hydrogen-bond acceptors (Lipinski definition) is 5. The second kappa shape index (κ2) is 8.17. The molecular formula is C16H28N4O.